The molecule has 0 atom stereocenters. The molecule has 0 unspecified atom stereocenters. The average molecular weight is 170 g/mol. The number of aliphatic imine (C=N–C) groups is 1. The van der Waals surface area contributed by atoms with Crippen LogP contribution in [0, 0.1) is 0 Å². The minimum Gasteiger partial charge on any atom is -0.374 e. The predicted molar refractivity (Wildman–Crippen MR) is 55.8 cm³/mol. The van der Waals surface area contributed by atoms with Crippen molar-refractivity contribution in [2.75, 3.05) is 13.6 Å². The maximum atomic E-state index is 4.13. The van der Waals surface area contributed by atoms with E-state index < -0.39 is 0 Å². The molecule has 0 aliphatic carbocycles. The number of amidine groups is 1. The highest BCUT2D eigenvalue weighted by atomic mass is 15.0. The highest BCUT2D eigenvalue weighted by Gasteiger charge is 1.92. The molecule has 72 valence electrons. The molecule has 0 saturated heterocycles. The van der Waals surface area contributed by atoms with Gasteiger partial charge in [-0.15, -0.1) is 0 Å². The van der Waals surface area contributed by atoms with Gasteiger partial charge in [0.2, 0.25) is 0 Å². The zero-order chi connectivity index (χ0) is 9.23. The molecule has 0 aliphatic heterocycles. The monoisotopic (exact) mass is 170 g/mol. The first-order valence-electron chi connectivity index (χ1n) is 5.04. The Labute approximate surface area is 76.5 Å². The van der Waals surface area contributed by atoms with Crippen LogP contribution >= 0.6 is 0 Å². The zero-order valence-corrected chi connectivity index (χ0v) is 8.69. The topological polar surface area (TPSA) is 24.4 Å². The Morgan fingerprint density at radius 1 is 1.17 bits per heavy atom. The molecule has 2 heteroatoms. The van der Waals surface area contributed by atoms with E-state index >= 15 is 0 Å². The zero-order valence-electron chi connectivity index (χ0n) is 8.69. The van der Waals surface area contributed by atoms with Crippen LogP contribution in [0.4, 0.5) is 0 Å². The summed E-state index contributed by atoms with van der Waals surface area (Å²) >= 11 is 0. The molecule has 0 rings (SSSR count). The molecule has 0 aromatic heterocycles. The van der Waals surface area contributed by atoms with Crippen LogP contribution in [-0.2, 0) is 0 Å². The van der Waals surface area contributed by atoms with Crippen molar-refractivity contribution in [3.63, 3.8) is 0 Å². The summed E-state index contributed by atoms with van der Waals surface area (Å²) < 4.78 is 0. The van der Waals surface area contributed by atoms with Crippen LogP contribution < -0.4 is 5.32 Å². The Bertz CT molecular complexity index is 119. The maximum Gasteiger partial charge on any atom is 0.0956 e. The van der Waals surface area contributed by atoms with E-state index in [0.717, 1.165) is 18.8 Å². The third kappa shape index (κ3) is 6.20. The smallest absolute Gasteiger partial charge is 0.0956 e. The van der Waals surface area contributed by atoms with Gasteiger partial charge in [-0.05, 0) is 6.42 Å². The van der Waals surface area contributed by atoms with E-state index in [-0.39, 0.29) is 0 Å². The summed E-state index contributed by atoms with van der Waals surface area (Å²) in [5, 5.41) is 3.33. The standard InChI is InChI=1S/C10H22N2/c1-4-6-7-8-9-12-10(5-2)11-3/h4-9H2,1-3H3,(H,11,12). The van der Waals surface area contributed by atoms with Gasteiger partial charge in [0.15, 0.2) is 0 Å². The van der Waals surface area contributed by atoms with Crippen LogP contribution in [0.1, 0.15) is 46.0 Å². The summed E-state index contributed by atoms with van der Waals surface area (Å²) in [5.74, 6) is 1.13. The van der Waals surface area contributed by atoms with Crippen LogP contribution in [0.3, 0.4) is 0 Å². The van der Waals surface area contributed by atoms with Crippen LogP contribution in [0.5, 0.6) is 0 Å². The Kier molecular flexibility index (Phi) is 8.19. The average Bonchev–Trinajstić information content (AvgIpc) is 2.11. The van der Waals surface area contributed by atoms with E-state index in [1.54, 1.807) is 0 Å². The first-order chi connectivity index (χ1) is 5.85. The van der Waals surface area contributed by atoms with Crippen molar-refractivity contribution in [3.8, 4) is 0 Å². The molecule has 0 radical (unpaired) electrons. The minimum atomic E-state index is 1.02. The third-order valence-electron chi connectivity index (χ3n) is 1.96. The first-order valence-corrected chi connectivity index (χ1v) is 5.04. The quantitative estimate of drug-likeness (QED) is 0.370. The molecule has 0 aromatic carbocycles. The lowest BCUT2D eigenvalue weighted by molar-refractivity contribution is 0.652. The fraction of sp³-hybridized carbons (Fsp3) is 0.900. The van der Waals surface area contributed by atoms with Gasteiger partial charge in [-0.2, -0.15) is 0 Å². The lowest BCUT2D eigenvalue weighted by Gasteiger charge is -2.06. The second-order valence-corrected chi connectivity index (χ2v) is 3.01. The van der Waals surface area contributed by atoms with Crippen LogP contribution in [-0.4, -0.2) is 19.4 Å². The van der Waals surface area contributed by atoms with E-state index in [1.165, 1.54) is 25.7 Å². The second kappa shape index (κ2) is 8.57. The van der Waals surface area contributed by atoms with E-state index in [2.05, 4.69) is 24.2 Å². The van der Waals surface area contributed by atoms with Crippen molar-refractivity contribution in [3.05, 3.63) is 0 Å². The summed E-state index contributed by atoms with van der Waals surface area (Å²) in [5.41, 5.74) is 0. The summed E-state index contributed by atoms with van der Waals surface area (Å²) in [7, 11) is 1.85. The Balaban J connectivity index is 3.18. The molecule has 0 spiro atoms. The van der Waals surface area contributed by atoms with Crippen LogP contribution in [0.2, 0.25) is 0 Å². The van der Waals surface area contributed by atoms with Crippen LogP contribution in [0.15, 0.2) is 4.99 Å². The Morgan fingerprint density at radius 2 is 1.92 bits per heavy atom. The van der Waals surface area contributed by atoms with Crippen LogP contribution in [0.25, 0.3) is 0 Å². The third-order valence-corrected chi connectivity index (χ3v) is 1.96. The van der Waals surface area contributed by atoms with E-state index in [0.29, 0.717) is 0 Å². The number of unbranched alkanes of at least 4 members (excludes halogenated alkanes) is 3. The van der Waals surface area contributed by atoms with Crippen molar-refractivity contribution < 1.29 is 0 Å². The van der Waals surface area contributed by atoms with Gasteiger partial charge < -0.3 is 5.32 Å². The fourth-order valence-electron chi connectivity index (χ4n) is 1.15. The molecular weight excluding hydrogens is 148 g/mol. The van der Waals surface area contributed by atoms with E-state index in [4.69, 9.17) is 0 Å². The molecular formula is C10H22N2. The predicted octanol–water partition coefficient (Wildman–Crippen LogP) is 2.59. The molecule has 1 N–H and O–H groups in total. The number of rotatable bonds is 6. The Hall–Kier alpha value is -0.530. The molecule has 0 aromatic rings. The summed E-state index contributed by atoms with van der Waals surface area (Å²) in [6.45, 7) is 5.44. The molecule has 0 bridgehead atoms. The SMILES string of the molecule is CCCCCCNC(CC)=NC. The summed E-state index contributed by atoms with van der Waals surface area (Å²) in [4.78, 5) is 4.13. The van der Waals surface area contributed by atoms with Crippen molar-refractivity contribution >= 4 is 5.84 Å². The minimum absolute atomic E-state index is 1.02. The van der Waals surface area contributed by atoms with Gasteiger partial charge in [-0.25, -0.2) is 0 Å². The van der Waals surface area contributed by atoms with Gasteiger partial charge in [0, 0.05) is 20.0 Å². The lowest BCUT2D eigenvalue weighted by atomic mass is 10.2. The summed E-state index contributed by atoms with van der Waals surface area (Å²) in [6.07, 6.45) is 6.29. The maximum absolute atomic E-state index is 4.13. The molecule has 0 aliphatic rings. The molecule has 2 nitrogen and oxygen atoms in total. The number of nitrogens with one attached hydrogen (secondary N) is 1. The molecule has 0 heterocycles. The normalized spacial score (nSPS) is 11.8. The highest BCUT2D eigenvalue weighted by Crippen LogP contribution is 1.97. The van der Waals surface area contributed by atoms with E-state index in [9.17, 15) is 0 Å². The lowest BCUT2D eigenvalue weighted by Crippen LogP contribution is -2.23. The molecule has 0 fully saturated rings. The number of hydrogen-bond acceptors (Lipinski definition) is 1. The fourth-order valence-corrected chi connectivity index (χ4v) is 1.15. The molecule has 0 amide bonds. The molecule has 12 heavy (non-hydrogen) atoms. The van der Waals surface area contributed by atoms with Crippen molar-refractivity contribution in [1.29, 1.82) is 0 Å². The van der Waals surface area contributed by atoms with Crippen molar-refractivity contribution in [2.24, 2.45) is 4.99 Å². The van der Waals surface area contributed by atoms with Gasteiger partial charge in [-0.1, -0.05) is 33.1 Å². The second-order valence-electron chi connectivity index (χ2n) is 3.01. The van der Waals surface area contributed by atoms with Gasteiger partial charge >= 0.3 is 0 Å². The number of nitrogens with zero attached hydrogens (tertiary/aromatic N) is 1. The van der Waals surface area contributed by atoms with Gasteiger partial charge in [0.1, 0.15) is 0 Å². The highest BCUT2D eigenvalue weighted by molar-refractivity contribution is 5.81. The van der Waals surface area contributed by atoms with E-state index in [1.807, 2.05) is 7.05 Å². The van der Waals surface area contributed by atoms with Crippen molar-refractivity contribution in [1.82, 2.24) is 5.32 Å². The van der Waals surface area contributed by atoms with Gasteiger partial charge in [-0.3, -0.25) is 4.99 Å². The van der Waals surface area contributed by atoms with Crippen molar-refractivity contribution in [2.45, 2.75) is 46.0 Å². The Morgan fingerprint density at radius 3 is 2.42 bits per heavy atom. The van der Waals surface area contributed by atoms with Gasteiger partial charge in [0.05, 0.1) is 5.84 Å². The number of hydrogen-bond donors (Lipinski definition) is 1. The summed E-state index contributed by atoms with van der Waals surface area (Å²) in [6, 6.07) is 0. The molecule has 0 saturated carbocycles. The first kappa shape index (κ1) is 11.5. The largest absolute Gasteiger partial charge is 0.374 e. The van der Waals surface area contributed by atoms with Gasteiger partial charge in [0.25, 0.3) is 0 Å².